The summed E-state index contributed by atoms with van der Waals surface area (Å²) in [6.45, 7) is 0. The van der Waals surface area contributed by atoms with E-state index < -0.39 is 0 Å². The van der Waals surface area contributed by atoms with Crippen LogP contribution in [0.5, 0.6) is 0 Å². The van der Waals surface area contributed by atoms with Crippen LogP contribution >= 0.6 is 0 Å². The van der Waals surface area contributed by atoms with Crippen molar-refractivity contribution in [3.63, 3.8) is 0 Å². The Bertz CT molecular complexity index is 724. The van der Waals surface area contributed by atoms with Gasteiger partial charge in [-0.1, -0.05) is 37.1 Å². The van der Waals surface area contributed by atoms with E-state index in [1.165, 1.54) is 24.0 Å². The fourth-order valence-electron chi connectivity index (χ4n) is 4.11. The molecular weight excluding hydrogens is 314 g/mol. The first-order valence-electron chi connectivity index (χ1n) is 9.35. The Morgan fingerprint density at radius 3 is 2.52 bits per heavy atom. The van der Waals surface area contributed by atoms with Crippen LogP contribution in [0.2, 0.25) is 0 Å². The molecule has 2 aliphatic carbocycles. The van der Waals surface area contributed by atoms with Gasteiger partial charge in [0.05, 0.1) is 0 Å². The third kappa shape index (κ3) is 3.46. The fourth-order valence-corrected chi connectivity index (χ4v) is 4.11. The topological polar surface area (TPSA) is 59.2 Å². The lowest BCUT2D eigenvalue weighted by molar-refractivity contribution is -0.131. The second-order valence-electron chi connectivity index (χ2n) is 7.35. The van der Waals surface area contributed by atoms with E-state index in [9.17, 15) is 4.79 Å². The van der Waals surface area contributed by atoms with Crippen molar-refractivity contribution < 1.29 is 9.21 Å². The van der Waals surface area contributed by atoms with E-state index in [0.717, 1.165) is 31.6 Å². The largest absolute Gasteiger partial charge is 0.425 e. The number of nitrogens with zero attached hydrogens (tertiary/aromatic N) is 3. The van der Waals surface area contributed by atoms with Gasteiger partial charge in [0.1, 0.15) is 0 Å². The molecule has 0 bridgehead atoms. The molecule has 0 radical (unpaired) electrons. The highest BCUT2D eigenvalue weighted by Crippen LogP contribution is 2.33. The Kier molecular flexibility index (Phi) is 4.55. The van der Waals surface area contributed by atoms with Gasteiger partial charge in [0, 0.05) is 31.8 Å². The van der Waals surface area contributed by atoms with Crippen molar-refractivity contribution in [2.45, 2.75) is 63.3 Å². The van der Waals surface area contributed by atoms with Crippen LogP contribution in [0.25, 0.3) is 0 Å². The third-order valence-corrected chi connectivity index (χ3v) is 5.71. The second kappa shape index (κ2) is 6.98. The van der Waals surface area contributed by atoms with Crippen molar-refractivity contribution in [1.82, 2.24) is 15.1 Å². The lowest BCUT2D eigenvalue weighted by Gasteiger charge is -2.24. The van der Waals surface area contributed by atoms with Crippen molar-refractivity contribution in [2.75, 3.05) is 7.05 Å². The summed E-state index contributed by atoms with van der Waals surface area (Å²) in [5.74, 6) is 1.94. The van der Waals surface area contributed by atoms with Gasteiger partial charge in [-0.25, -0.2) is 0 Å². The predicted molar refractivity (Wildman–Crippen MR) is 94.2 cm³/mol. The average Bonchev–Trinajstić information content (AvgIpc) is 3.38. The van der Waals surface area contributed by atoms with Gasteiger partial charge in [-0.2, -0.15) is 0 Å². The van der Waals surface area contributed by atoms with Gasteiger partial charge in [-0.3, -0.25) is 4.79 Å². The zero-order valence-corrected chi connectivity index (χ0v) is 14.8. The number of carbonyl (C=O) groups excluding carboxylic acids is 1. The van der Waals surface area contributed by atoms with E-state index in [1.54, 1.807) is 0 Å². The van der Waals surface area contributed by atoms with Crippen LogP contribution in [-0.2, 0) is 24.1 Å². The SMILES string of the molecule is CN(C(=O)CCc1nnc(C2CCCC2)o1)C1Cc2ccccc2C1. The van der Waals surface area contributed by atoms with Crippen molar-refractivity contribution in [3.05, 3.63) is 47.2 Å². The molecule has 1 saturated carbocycles. The lowest BCUT2D eigenvalue weighted by Crippen LogP contribution is -2.37. The monoisotopic (exact) mass is 339 g/mol. The molecule has 2 aliphatic rings. The molecule has 0 unspecified atom stereocenters. The van der Waals surface area contributed by atoms with Gasteiger partial charge in [0.2, 0.25) is 17.7 Å². The van der Waals surface area contributed by atoms with Crippen LogP contribution in [0.3, 0.4) is 0 Å². The normalized spacial score (nSPS) is 17.8. The summed E-state index contributed by atoms with van der Waals surface area (Å²) in [5, 5.41) is 8.32. The molecular formula is C20H25N3O2. The predicted octanol–water partition coefficient (Wildman–Crippen LogP) is 3.29. The number of rotatable bonds is 5. The van der Waals surface area contributed by atoms with E-state index in [-0.39, 0.29) is 11.9 Å². The summed E-state index contributed by atoms with van der Waals surface area (Å²) in [4.78, 5) is 14.5. The molecule has 25 heavy (non-hydrogen) atoms. The van der Waals surface area contributed by atoms with Gasteiger partial charge in [-0.15, -0.1) is 10.2 Å². The molecule has 1 fully saturated rings. The van der Waals surface area contributed by atoms with Crippen LogP contribution in [0, 0.1) is 0 Å². The maximum absolute atomic E-state index is 12.6. The number of hydrogen-bond donors (Lipinski definition) is 0. The first-order chi connectivity index (χ1) is 12.2. The van der Waals surface area contributed by atoms with Crippen molar-refractivity contribution >= 4 is 5.91 Å². The minimum Gasteiger partial charge on any atom is -0.425 e. The van der Waals surface area contributed by atoms with Crippen molar-refractivity contribution in [2.24, 2.45) is 0 Å². The smallest absolute Gasteiger partial charge is 0.223 e. The number of hydrogen-bond acceptors (Lipinski definition) is 4. The van der Waals surface area contributed by atoms with Gasteiger partial charge < -0.3 is 9.32 Å². The van der Waals surface area contributed by atoms with Crippen molar-refractivity contribution in [3.8, 4) is 0 Å². The first kappa shape index (κ1) is 16.3. The number of benzene rings is 1. The molecule has 1 heterocycles. The summed E-state index contributed by atoms with van der Waals surface area (Å²) in [6, 6.07) is 8.73. The maximum Gasteiger partial charge on any atom is 0.223 e. The number of likely N-dealkylation sites (N-methyl/N-ethyl adjacent to an activating group) is 1. The van der Waals surface area contributed by atoms with Crippen LogP contribution < -0.4 is 0 Å². The van der Waals surface area contributed by atoms with Gasteiger partial charge in [0.25, 0.3) is 0 Å². The molecule has 1 aromatic heterocycles. The number of carbonyl (C=O) groups is 1. The van der Waals surface area contributed by atoms with E-state index in [4.69, 9.17) is 4.42 Å². The molecule has 1 amide bonds. The molecule has 132 valence electrons. The highest BCUT2D eigenvalue weighted by molar-refractivity contribution is 5.76. The zero-order chi connectivity index (χ0) is 17.2. The molecule has 1 aromatic carbocycles. The maximum atomic E-state index is 12.6. The Morgan fingerprint density at radius 2 is 1.84 bits per heavy atom. The zero-order valence-electron chi connectivity index (χ0n) is 14.8. The summed E-state index contributed by atoms with van der Waals surface area (Å²) in [5.41, 5.74) is 2.73. The number of fused-ring (bicyclic) bond motifs is 1. The molecule has 5 nitrogen and oxygen atoms in total. The van der Waals surface area contributed by atoms with Crippen molar-refractivity contribution in [1.29, 1.82) is 0 Å². The molecule has 2 aromatic rings. The van der Waals surface area contributed by atoms with E-state index in [1.807, 2.05) is 11.9 Å². The average molecular weight is 339 g/mol. The molecule has 0 spiro atoms. The van der Waals surface area contributed by atoms with Crippen LogP contribution in [0.1, 0.15) is 60.9 Å². The third-order valence-electron chi connectivity index (χ3n) is 5.71. The lowest BCUT2D eigenvalue weighted by atomic mass is 10.1. The number of amides is 1. The minimum absolute atomic E-state index is 0.151. The Hall–Kier alpha value is -2.17. The molecule has 0 N–H and O–H groups in total. The summed E-state index contributed by atoms with van der Waals surface area (Å²) < 4.78 is 5.78. The van der Waals surface area contributed by atoms with Gasteiger partial charge in [0.15, 0.2) is 0 Å². The highest BCUT2D eigenvalue weighted by Gasteiger charge is 2.27. The number of aromatic nitrogens is 2. The van der Waals surface area contributed by atoms with Crippen LogP contribution in [-0.4, -0.2) is 34.1 Å². The van der Waals surface area contributed by atoms with Gasteiger partial charge in [-0.05, 0) is 36.8 Å². The standard InChI is InChI=1S/C20H25N3O2/c1-23(17-12-15-8-4-5-9-16(15)13-17)19(24)11-10-18-21-22-20(25-18)14-6-2-3-7-14/h4-5,8-9,14,17H,2-3,6-7,10-13H2,1H3. The summed E-state index contributed by atoms with van der Waals surface area (Å²) in [7, 11) is 1.91. The van der Waals surface area contributed by atoms with Crippen LogP contribution in [0.15, 0.2) is 28.7 Å². The number of aryl methyl sites for hydroxylation is 1. The first-order valence-corrected chi connectivity index (χ1v) is 9.35. The Labute approximate surface area is 148 Å². The molecule has 0 aliphatic heterocycles. The molecule has 0 atom stereocenters. The summed E-state index contributed by atoms with van der Waals surface area (Å²) >= 11 is 0. The minimum atomic E-state index is 0.151. The van der Waals surface area contributed by atoms with E-state index in [0.29, 0.717) is 24.7 Å². The Balaban J connectivity index is 1.30. The fraction of sp³-hybridized carbons (Fsp3) is 0.550. The van der Waals surface area contributed by atoms with Crippen LogP contribution in [0.4, 0.5) is 0 Å². The van der Waals surface area contributed by atoms with E-state index >= 15 is 0 Å². The summed E-state index contributed by atoms with van der Waals surface area (Å²) in [6.07, 6.45) is 7.63. The Morgan fingerprint density at radius 1 is 1.16 bits per heavy atom. The van der Waals surface area contributed by atoms with Gasteiger partial charge >= 0.3 is 0 Å². The molecule has 4 rings (SSSR count). The molecule has 0 saturated heterocycles. The second-order valence-corrected chi connectivity index (χ2v) is 7.35. The quantitative estimate of drug-likeness (QED) is 0.839. The van der Waals surface area contributed by atoms with E-state index in [2.05, 4.69) is 34.5 Å². The highest BCUT2D eigenvalue weighted by atomic mass is 16.4. The molecule has 5 heteroatoms.